The maximum Gasteiger partial charge on any atom is 0.228 e. The van der Waals surface area contributed by atoms with Crippen LogP contribution < -0.4 is 4.90 Å². The van der Waals surface area contributed by atoms with Gasteiger partial charge in [0.05, 0.1) is 11.4 Å². The molecule has 0 fully saturated rings. The first-order valence-electron chi connectivity index (χ1n) is 17.4. The molecule has 5 nitrogen and oxygen atoms in total. The summed E-state index contributed by atoms with van der Waals surface area (Å²) in [7, 11) is 0. The average molecular weight is 669 g/mol. The van der Waals surface area contributed by atoms with E-state index in [1.54, 1.807) is 0 Å². The maximum atomic E-state index is 6.58. The Morgan fingerprint density at radius 3 is 2.06 bits per heavy atom. The molecular formula is C47H28N2O3. The Labute approximate surface area is 297 Å². The molecular weight excluding hydrogens is 641 g/mol. The fourth-order valence-electron chi connectivity index (χ4n) is 7.63. The van der Waals surface area contributed by atoms with Crippen molar-refractivity contribution >= 4 is 82.8 Å². The van der Waals surface area contributed by atoms with Gasteiger partial charge in [-0.15, -0.1) is 0 Å². The third kappa shape index (κ3) is 4.46. The lowest BCUT2D eigenvalue weighted by atomic mass is 10.0. The molecule has 11 rings (SSSR count). The van der Waals surface area contributed by atoms with Crippen molar-refractivity contribution in [3.8, 4) is 22.6 Å². The topological polar surface area (TPSA) is 55.6 Å². The Hall–Kier alpha value is -7.11. The van der Waals surface area contributed by atoms with Crippen LogP contribution in [0, 0.1) is 0 Å². The van der Waals surface area contributed by atoms with Gasteiger partial charge < -0.3 is 18.2 Å². The Morgan fingerprint density at radius 1 is 0.423 bits per heavy atom. The van der Waals surface area contributed by atoms with Crippen LogP contribution in [0.4, 0.5) is 17.1 Å². The molecule has 5 heteroatoms. The summed E-state index contributed by atoms with van der Waals surface area (Å²) in [6, 6.07) is 58.7. The zero-order chi connectivity index (χ0) is 34.2. The molecule has 244 valence electrons. The predicted octanol–water partition coefficient (Wildman–Crippen LogP) is 13.6. The van der Waals surface area contributed by atoms with Crippen LogP contribution in [-0.2, 0) is 0 Å². The molecule has 3 heterocycles. The monoisotopic (exact) mass is 668 g/mol. The van der Waals surface area contributed by atoms with Crippen LogP contribution in [0.1, 0.15) is 0 Å². The van der Waals surface area contributed by atoms with Gasteiger partial charge in [0.2, 0.25) is 5.89 Å². The van der Waals surface area contributed by atoms with Crippen LogP contribution in [0.2, 0.25) is 0 Å². The number of anilines is 3. The van der Waals surface area contributed by atoms with E-state index in [1.165, 1.54) is 16.3 Å². The van der Waals surface area contributed by atoms with Gasteiger partial charge in [-0.1, -0.05) is 97.1 Å². The van der Waals surface area contributed by atoms with Gasteiger partial charge in [-0.05, 0) is 88.6 Å². The molecule has 0 bridgehead atoms. The predicted molar refractivity (Wildman–Crippen MR) is 212 cm³/mol. The lowest BCUT2D eigenvalue weighted by Crippen LogP contribution is -2.10. The molecule has 0 spiro atoms. The summed E-state index contributed by atoms with van der Waals surface area (Å²) in [4.78, 5) is 7.06. The van der Waals surface area contributed by atoms with Gasteiger partial charge in [-0.2, -0.15) is 0 Å². The number of oxazole rings is 1. The minimum Gasteiger partial charge on any atom is -0.456 e. The van der Waals surface area contributed by atoms with Crippen LogP contribution in [0.3, 0.4) is 0 Å². The Balaban J connectivity index is 1.09. The Morgan fingerprint density at radius 2 is 1.15 bits per heavy atom. The van der Waals surface area contributed by atoms with E-state index < -0.39 is 0 Å². The van der Waals surface area contributed by atoms with Crippen molar-refractivity contribution in [3.63, 3.8) is 0 Å². The number of para-hydroxylation sites is 4. The van der Waals surface area contributed by atoms with E-state index in [2.05, 4.69) is 120 Å². The quantitative estimate of drug-likeness (QED) is 0.183. The summed E-state index contributed by atoms with van der Waals surface area (Å²) in [5.41, 5.74) is 10.9. The molecule has 8 aromatic carbocycles. The van der Waals surface area contributed by atoms with Gasteiger partial charge >= 0.3 is 0 Å². The number of benzene rings is 8. The molecule has 0 aliphatic carbocycles. The number of hydrogen-bond donors (Lipinski definition) is 0. The van der Waals surface area contributed by atoms with Gasteiger partial charge in [-0.3, -0.25) is 0 Å². The first-order chi connectivity index (χ1) is 25.7. The third-order valence-electron chi connectivity index (χ3n) is 10.1. The Bertz CT molecular complexity index is 3110. The number of aromatic nitrogens is 1. The summed E-state index contributed by atoms with van der Waals surface area (Å²) in [6.07, 6.45) is 0. The summed E-state index contributed by atoms with van der Waals surface area (Å²) in [5, 5.41) is 6.58. The molecule has 3 aromatic heterocycles. The van der Waals surface area contributed by atoms with Crippen LogP contribution in [-0.4, -0.2) is 4.98 Å². The fraction of sp³-hybridized carbons (Fsp3) is 0. The van der Waals surface area contributed by atoms with Gasteiger partial charge in [0.25, 0.3) is 0 Å². The highest BCUT2D eigenvalue weighted by atomic mass is 16.4. The maximum absolute atomic E-state index is 6.58. The van der Waals surface area contributed by atoms with Crippen LogP contribution in [0.25, 0.3) is 88.3 Å². The molecule has 0 saturated heterocycles. The van der Waals surface area contributed by atoms with E-state index in [1.807, 2.05) is 54.6 Å². The second-order valence-corrected chi connectivity index (χ2v) is 13.1. The number of nitrogens with zero attached hydrogens (tertiary/aromatic N) is 2. The lowest BCUT2D eigenvalue weighted by Gasteiger charge is -2.25. The van der Waals surface area contributed by atoms with Crippen LogP contribution in [0.5, 0.6) is 0 Å². The highest BCUT2D eigenvalue weighted by Crippen LogP contribution is 2.45. The van der Waals surface area contributed by atoms with Crippen molar-refractivity contribution in [2.75, 3.05) is 4.90 Å². The molecule has 11 aromatic rings. The van der Waals surface area contributed by atoms with E-state index in [4.69, 9.17) is 18.2 Å². The van der Waals surface area contributed by atoms with Crippen LogP contribution >= 0.6 is 0 Å². The standard InChI is InChI=1S/C47H28N2O3/c1-2-10-31-27-32(20-19-29(31)9-1)30-21-23-33(24-22-30)49(40-15-7-12-36-35-11-3-5-16-41(35)51-46(36)40)34-25-26-37-44(28-34)50-43-18-8-13-38(45(37)43)47-48-39-14-4-6-17-42(39)52-47/h1-28H. The van der Waals surface area contributed by atoms with Crippen molar-refractivity contribution in [1.82, 2.24) is 4.98 Å². The summed E-state index contributed by atoms with van der Waals surface area (Å²) < 4.78 is 19.4. The minimum absolute atomic E-state index is 0.572. The molecule has 0 aliphatic heterocycles. The first kappa shape index (κ1) is 28.7. The third-order valence-corrected chi connectivity index (χ3v) is 10.1. The molecule has 0 radical (unpaired) electrons. The normalized spacial score (nSPS) is 11.8. The largest absolute Gasteiger partial charge is 0.456 e. The number of fused-ring (bicyclic) bond motifs is 8. The first-order valence-corrected chi connectivity index (χ1v) is 17.4. The summed E-state index contributed by atoms with van der Waals surface area (Å²) >= 11 is 0. The number of rotatable bonds is 5. The lowest BCUT2D eigenvalue weighted by molar-refractivity contribution is 0.620. The number of hydrogen-bond acceptors (Lipinski definition) is 5. The molecule has 0 unspecified atom stereocenters. The smallest absolute Gasteiger partial charge is 0.228 e. The summed E-state index contributed by atoms with van der Waals surface area (Å²) in [6.45, 7) is 0. The fourth-order valence-corrected chi connectivity index (χ4v) is 7.63. The van der Waals surface area contributed by atoms with Crippen molar-refractivity contribution in [2.45, 2.75) is 0 Å². The SMILES string of the molecule is c1ccc2cc(-c3ccc(N(c4ccc5c(c4)oc4cccc(-c6nc7ccccc7o6)c45)c4cccc5c4oc4ccccc45)cc3)ccc2c1. The zero-order valence-corrected chi connectivity index (χ0v) is 27.8. The van der Waals surface area contributed by atoms with E-state index in [9.17, 15) is 0 Å². The van der Waals surface area contributed by atoms with Crippen molar-refractivity contribution in [3.05, 3.63) is 170 Å². The number of furan rings is 2. The molecule has 0 saturated carbocycles. The Kier molecular flexibility index (Phi) is 6.18. The van der Waals surface area contributed by atoms with Crippen molar-refractivity contribution in [1.29, 1.82) is 0 Å². The molecule has 52 heavy (non-hydrogen) atoms. The molecule has 0 aliphatic rings. The minimum atomic E-state index is 0.572. The molecule has 0 amide bonds. The molecule has 0 N–H and O–H groups in total. The van der Waals surface area contributed by atoms with Crippen molar-refractivity contribution in [2.24, 2.45) is 0 Å². The highest BCUT2D eigenvalue weighted by molar-refractivity contribution is 6.14. The average Bonchev–Trinajstić information content (AvgIpc) is 3.92. The zero-order valence-electron chi connectivity index (χ0n) is 27.8. The molecule has 0 atom stereocenters. The summed E-state index contributed by atoms with van der Waals surface area (Å²) in [5.74, 6) is 0.572. The van der Waals surface area contributed by atoms with Gasteiger partial charge in [0.1, 0.15) is 22.3 Å². The van der Waals surface area contributed by atoms with E-state index in [0.717, 1.165) is 83.2 Å². The van der Waals surface area contributed by atoms with E-state index in [0.29, 0.717) is 5.89 Å². The van der Waals surface area contributed by atoms with Crippen molar-refractivity contribution < 1.29 is 13.3 Å². The van der Waals surface area contributed by atoms with E-state index in [-0.39, 0.29) is 0 Å². The van der Waals surface area contributed by atoms with E-state index >= 15 is 0 Å². The van der Waals surface area contributed by atoms with Crippen LogP contribution in [0.15, 0.2) is 183 Å². The van der Waals surface area contributed by atoms with Gasteiger partial charge in [0, 0.05) is 38.9 Å². The second-order valence-electron chi connectivity index (χ2n) is 13.1. The second kappa shape index (κ2) is 11.2. The van der Waals surface area contributed by atoms with Gasteiger partial charge in [-0.25, -0.2) is 4.98 Å². The van der Waals surface area contributed by atoms with Gasteiger partial charge in [0.15, 0.2) is 11.2 Å². The highest BCUT2D eigenvalue weighted by Gasteiger charge is 2.22.